The number of allylic oxidation sites excluding steroid dienone is 1. The smallest absolute Gasteiger partial charge is 0.167 e. The number of aromatic nitrogens is 2. The van der Waals surface area contributed by atoms with Gasteiger partial charge >= 0.3 is 0 Å². The second-order valence-electron chi connectivity index (χ2n) is 8.22. The second kappa shape index (κ2) is 7.16. The minimum atomic E-state index is 0.187. The lowest BCUT2D eigenvalue weighted by Gasteiger charge is -2.25. The highest BCUT2D eigenvalue weighted by Crippen LogP contribution is 2.32. The highest BCUT2D eigenvalue weighted by molar-refractivity contribution is 6.27. The Morgan fingerprint density at radius 1 is 1.07 bits per heavy atom. The summed E-state index contributed by atoms with van der Waals surface area (Å²) in [6.45, 7) is 6.33. The molecular formula is C24H26N4O. The predicted octanol–water partition coefficient (Wildman–Crippen LogP) is 3.45. The van der Waals surface area contributed by atoms with E-state index in [0.29, 0.717) is 6.42 Å². The number of Topliss-reactive ketones (excluding diaryl/α,β-unsaturated/α-hetero) is 1. The zero-order valence-electron chi connectivity index (χ0n) is 17.1. The van der Waals surface area contributed by atoms with Crippen LogP contribution in [0.25, 0.3) is 17.2 Å². The van der Waals surface area contributed by atoms with Gasteiger partial charge in [-0.15, -0.1) is 0 Å². The highest BCUT2D eigenvalue weighted by Gasteiger charge is 2.22. The zero-order valence-corrected chi connectivity index (χ0v) is 17.1. The van der Waals surface area contributed by atoms with Crippen LogP contribution < -0.4 is 4.90 Å². The third kappa shape index (κ3) is 3.36. The molecule has 0 N–H and O–H groups in total. The molecule has 148 valence electrons. The number of fused-ring (bicyclic) bond motifs is 2. The summed E-state index contributed by atoms with van der Waals surface area (Å²) in [7, 11) is 2.18. The number of carbonyl (C=O) groups is 1. The maximum atomic E-state index is 13.0. The molecule has 5 nitrogen and oxygen atoms in total. The number of anilines is 1. The fourth-order valence-corrected chi connectivity index (χ4v) is 4.46. The lowest BCUT2D eigenvalue weighted by Crippen LogP contribution is -2.28. The Morgan fingerprint density at radius 3 is 2.83 bits per heavy atom. The van der Waals surface area contributed by atoms with E-state index < -0.39 is 0 Å². The number of hydrogen-bond donors (Lipinski definition) is 0. The van der Waals surface area contributed by atoms with Crippen molar-refractivity contribution in [1.29, 1.82) is 0 Å². The van der Waals surface area contributed by atoms with E-state index in [0.717, 1.165) is 59.7 Å². The zero-order chi connectivity index (χ0) is 20.0. The average molecular weight is 386 g/mol. The van der Waals surface area contributed by atoms with Crippen LogP contribution in [0.5, 0.6) is 0 Å². The van der Waals surface area contributed by atoms with Crippen molar-refractivity contribution in [2.45, 2.75) is 19.8 Å². The first kappa shape index (κ1) is 18.1. The van der Waals surface area contributed by atoms with Crippen molar-refractivity contribution < 1.29 is 4.79 Å². The van der Waals surface area contributed by atoms with Gasteiger partial charge in [0.2, 0.25) is 0 Å². The molecule has 3 heterocycles. The molecule has 1 fully saturated rings. The molecule has 0 spiro atoms. The van der Waals surface area contributed by atoms with Crippen LogP contribution >= 0.6 is 0 Å². The molecule has 5 heteroatoms. The Balaban J connectivity index is 1.48. The number of likely N-dealkylation sites (N-methyl/N-ethyl adjacent to an activating group) is 1. The molecule has 0 amide bonds. The second-order valence-corrected chi connectivity index (χ2v) is 8.22. The van der Waals surface area contributed by atoms with Gasteiger partial charge in [0.25, 0.3) is 0 Å². The van der Waals surface area contributed by atoms with Crippen LogP contribution in [0.2, 0.25) is 0 Å². The first-order valence-corrected chi connectivity index (χ1v) is 10.3. The molecule has 3 aromatic rings. The monoisotopic (exact) mass is 386 g/mol. The Morgan fingerprint density at radius 2 is 1.97 bits per heavy atom. The largest absolute Gasteiger partial charge is 0.370 e. The molecule has 0 radical (unpaired) electrons. The van der Waals surface area contributed by atoms with Crippen LogP contribution in [0.3, 0.4) is 0 Å². The average Bonchev–Trinajstić information content (AvgIpc) is 3.03. The predicted molar refractivity (Wildman–Crippen MR) is 117 cm³/mol. The van der Waals surface area contributed by atoms with E-state index in [4.69, 9.17) is 0 Å². The van der Waals surface area contributed by atoms with Crippen molar-refractivity contribution in [3.63, 3.8) is 0 Å². The first-order valence-electron chi connectivity index (χ1n) is 10.3. The van der Waals surface area contributed by atoms with Crippen molar-refractivity contribution >= 4 is 28.6 Å². The molecule has 29 heavy (non-hydrogen) atoms. The van der Waals surface area contributed by atoms with Crippen LogP contribution in [-0.2, 0) is 11.2 Å². The topological polar surface area (TPSA) is 40.9 Å². The van der Waals surface area contributed by atoms with Gasteiger partial charge < -0.3 is 14.2 Å². The number of ketones is 1. The van der Waals surface area contributed by atoms with E-state index in [1.165, 1.54) is 12.1 Å². The van der Waals surface area contributed by atoms with E-state index >= 15 is 0 Å². The van der Waals surface area contributed by atoms with Gasteiger partial charge in [-0.3, -0.25) is 9.78 Å². The molecule has 1 aliphatic heterocycles. The fourth-order valence-electron chi connectivity index (χ4n) is 4.46. The summed E-state index contributed by atoms with van der Waals surface area (Å²) in [6.07, 6.45) is 9.44. The number of hydrogen-bond acceptors (Lipinski definition) is 4. The van der Waals surface area contributed by atoms with E-state index in [2.05, 4.69) is 52.2 Å². The minimum Gasteiger partial charge on any atom is -0.370 e. The Kier molecular flexibility index (Phi) is 4.47. The first-order chi connectivity index (χ1) is 14.1. The summed E-state index contributed by atoms with van der Waals surface area (Å²) in [5, 5.41) is 0. The van der Waals surface area contributed by atoms with Crippen LogP contribution in [0, 0.1) is 6.92 Å². The molecule has 0 bridgehead atoms. The fraction of sp³-hybridized carbons (Fsp3) is 0.333. The number of carbonyl (C=O) groups excluding carboxylic acids is 1. The molecule has 0 unspecified atom stereocenters. The van der Waals surface area contributed by atoms with Crippen molar-refractivity contribution in [3.05, 3.63) is 65.2 Å². The third-order valence-electron chi connectivity index (χ3n) is 6.19. The van der Waals surface area contributed by atoms with E-state index in [1.54, 1.807) is 6.20 Å². The van der Waals surface area contributed by atoms with Crippen molar-refractivity contribution in [3.8, 4) is 0 Å². The Hall–Kier alpha value is -2.92. The number of nitrogens with zero attached hydrogens (tertiary/aromatic N) is 4. The highest BCUT2D eigenvalue weighted by atomic mass is 16.1. The lowest BCUT2D eigenvalue weighted by atomic mass is 9.88. The summed E-state index contributed by atoms with van der Waals surface area (Å²) in [4.78, 5) is 22.2. The molecule has 1 aromatic carbocycles. The molecule has 0 saturated carbocycles. The van der Waals surface area contributed by atoms with Gasteiger partial charge in [-0.25, -0.2) is 0 Å². The minimum absolute atomic E-state index is 0.187. The molecule has 1 saturated heterocycles. The Labute approximate surface area is 171 Å². The molecule has 2 aliphatic rings. The number of rotatable bonds is 2. The summed E-state index contributed by atoms with van der Waals surface area (Å²) >= 11 is 0. The van der Waals surface area contributed by atoms with Crippen LogP contribution in [-0.4, -0.2) is 53.3 Å². The maximum Gasteiger partial charge on any atom is 0.167 e. The van der Waals surface area contributed by atoms with Crippen molar-refractivity contribution in [2.75, 3.05) is 38.1 Å². The van der Waals surface area contributed by atoms with Gasteiger partial charge in [-0.2, -0.15) is 0 Å². The quantitative estimate of drug-likeness (QED) is 0.676. The van der Waals surface area contributed by atoms with Gasteiger partial charge in [-0.05, 0) is 62.3 Å². The van der Waals surface area contributed by atoms with Gasteiger partial charge in [0, 0.05) is 61.5 Å². The molecule has 5 rings (SSSR count). The van der Waals surface area contributed by atoms with E-state index in [1.807, 2.05) is 23.7 Å². The number of aryl methyl sites for hydroxylation is 1. The van der Waals surface area contributed by atoms with Crippen LogP contribution in [0.4, 0.5) is 5.69 Å². The van der Waals surface area contributed by atoms with E-state index in [9.17, 15) is 4.79 Å². The number of benzene rings is 1. The van der Waals surface area contributed by atoms with Crippen LogP contribution in [0.15, 0.2) is 42.9 Å². The van der Waals surface area contributed by atoms with Crippen molar-refractivity contribution in [2.24, 2.45) is 0 Å². The van der Waals surface area contributed by atoms with Gasteiger partial charge in [-0.1, -0.05) is 6.07 Å². The summed E-state index contributed by atoms with van der Waals surface area (Å²) in [6, 6.07) is 8.67. The summed E-state index contributed by atoms with van der Waals surface area (Å²) < 4.78 is 2.04. The SMILES string of the molecule is Cc1nccn2cc(C3=Cc4ccc(N5CCCN(C)CC5)cc4CC3=O)cc12. The third-order valence-corrected chi connectivity index (χ3v) is 6.19. The van der Waals surface area contributed by atoms with Crippen LogP contribution in [0.1, 0.15) is 28.8 Å². The van der Waals surface area contributed by atoms with Crippen molar-refractivity contribution in [1.82, 2.24) is 14.3 Å². The molecule has 1 aliphatic carbocycles. The van der Waals surface area contributed by atoms with E-state index in [-0.39, 0.29) is 5.78 Å². The van der Waals surface area contributed by atoms with Gasteiger partial charge in [0.05, 0.1) is 11.2 Å². The lowest BCUT2D eigenvalue weighted by molar-refractivity contribution is -0.113. The standard InChI is InChI=1S/C24H26N4O/c1-17-23-14-20(16-28(23)9-6-25-17)22-13-18-4-5-21(12-19(18)15-24(22)29)27-8-3-7-26(2)10-11-27/h4-6,9,12-14,16H,3,7-8,10-11,15H2,1-2H3. The van der Waals surface area contributed by atoms with Gasteiger partial charge in [0.15, 0.2) is 5.78 Å². The van der Waals surface area contributed by atoms with Gasteiger partial charge in [0.1, 0.15) is 0 Å². The molecular weight excluding hydrogens is 360 g/mol. The normalized spacial score (nSPS) is 17.9. The molecule has 0 atom stereocenters. The Bertz CT molecular complexity index is 1130. The summed E-state index contributed by atoms with van der Waals surface area (Å²) in [5.41, 5.74) is 7.30. The summed E-state index contributed by atoms with van der Waals surface area (Å²) in [5.74, 6) is 0.187. The molecule has 2 aromatic heterocycles. The maximum absolute atomic E-state index is 13.0.